The second kappa shape index (κ2) is 9.00. The number of halogens is 3. The molecule has 1 atom stereocenters. The van der Waals surface area contributed by atoms with Crippen LogP contribution >= 0.6 is 39.1 Å². The average Bonchev–Trinajstić information content (AvgIpc) is 3.25. The molecular weight excluding hydrogens is 489 g/mol. The van der Waals surface area contributed by atoms with E-state index in [-0.39, 0.29) is 11.8 Å². The normalized spacial score (nSPS) is 11.8. The van der Waals surface area contributed by atoms with Crippen molar-refractivity contribution in [2.75, 3.05) is 0 Å². The lowest BCUT2D eigenvalue weighted by atomic mass is 10.1. The highest BCUT2D eigenvalue weighted by Crippen LogP contribution is 2.27. The fourth-order valence-electron chi connectivity index (χ4n) is 2.85. The molecule has 4 rings (SSSR count). The minimum atomic E-state index is -0.658. The highest BCUT2D eigenvalue weighted by molar-refractivity contribution is 9.10. The van der Waals surface area contributed by atoms with Gasteiger partial charge >= 0.3 is 0 Å². The summed E-state index contributed by atoms with van der Waals surface area (Å²) in [5, 5.41) is 8.13. The first-order chi connectivity index (χ1) is 14.5. The standard InChI is InChI=1S/C22H14BrCl2N3O2/c23-17-12-15(8-11-18(17)25)21(29)26-19(13-6-9-16(24)10-7-13)22-27-20(28-30-22)14-4-2-1-3-5-14/h1-12,19H,(H,26,29). The van der Waals surface area contributed by atoms with Gasteiger partial charge in [0.05, 0.1) is 5.02 Å². The minimum Gasteiger partial charge on any atom is -0.336 e. The number of aromatic nitrogens is 2. The second-order valence-electron chi connectivity index (χ2n) is 6.41. The van der Waals surface area contributed by atoms with Gasteiger partial charge in [-0.15, -0.1) is 0 Å². The van der Waals surface area contributed by atoms with Gasteiger partial charge < -0.3 is 9.84 Å². The molecule has 8 heteroatoms. The van der Waals surface area contributed by atoms with Gasteiger partial charge in [-0.3, -0.25) is 4.79 Å². The van der Waals surface area contributed by atoms with E-state index in [1.165, 1.54) is 0 Å². The third kappa shape index (κ3) is 4.56. The van der Waals surface area contributed by atoms with Crippen molar-refractivity contribution in [2.24, 2.45) is 0 Å². The number of amides is 1. The molecule has 0 saturated carbocycles. The van der Waals surface area contributed by atoms with E-state index in [0.717, 1.165) is 11.1 Å². The third-order valence-corrected chi connectivity index (χ3v) is 5.85. The lowest BCUT2D eigenvalue weighted by molar-refractivity contribution is 0.0936. The van der Waals surface area contributed by atoms with Gasteiger partial charge in [0.2, 0.25) is 5.82 Å². The van der Waals surface area contributed by atoms with E-state index in [1.807, 2.05) is 30.3 Å². The summed E-state index contributed by atoms with van der Waals surface area (Å²) in [5.74, 6) is 0.386. The van der Waals surface area contributed by atoms with Crippen molar-refractivity contribution in [2.45, 2.75) is 6.04 Å². The van der Waals surface area contributed by atoms with Gasteiger partial charge in [0.15, 0.2) is 0 Å². The lowest BCUT2D eigenvalue weighted by Crippen LogP contribution is -2.29. The number of nitrogens with zero attached hydrogens (tertiary/aromatic N) is 2. The van der Waals surface area contributed by atoms with E-state index >= 15 is 0 Å². The van der Waals surface area contributed by atoms with Crippen LogP contribution in [0.25, 0.3) is 11.4 Å². The topological polar surface area (TPSA) is 68.0 Å². The Kier molecular flexibility index (Phi) is 6.18. The predicted molar refractivity (Wildman–Crippen MR) is 120 cm³/mol. The summed E-state index contributed by atoms with van der Waals surface area (Å²) in [4.78, 5) is 17.4. The van der Waals surface area contributed by atoms with Crippen molar-refractivity contribution in [3.8, 4) is 11.4 Å². The molecule has 0 fully saturated rings. The van der Waals surface area contributed by atoms with Crippen molar-refractivity contribution < 1.29 is 9.32 Å². The molecule has 1 amide bonds. The summed E-state index contributed by atoms with van der Waals surface area (Å²) >= 11 is 15.4. The molecule has 0 aliphatic heterocycles. The Balaban J connectivity index is 1.68. The highest BCUT2D eigenvalue weighted by Gasteiger charge is 2.24. The van der Waals surface area contributed by atoms with Crippen molar-refractivity contribution in [1.82, 2.24) is 15.5 Å². The number of benzene rings is 3. The Bertz CT molecular complexity index is 1180. The average molecular weight is 503 g/mol. The Morgan fingerprint density at radius 3 is 2.43 bits per heavy atom. The monoisotopic (exact) mass is 501 g/mol. The zero-order valence-electron chi connectivity index (χ0n) is 15.4. The van der Waals surface area contributed by atoms with E-state index < -0.39 is 6.04 Å². The van der Waals surface area contributed by atoms with Crippen LogP contribution in [0, 0.1) is 0 Å². The van der Waals surface area contributed by atoms with Crippen LogP contribution in [-0.4, -0.2) is 16.0 Å². The molecule has 1 unspecified atom stereocenters. The first-order valence-corrected chi connectivity index (χ1v) is 10.5. The van der Waals surface area contributed by atoms with Crippen molar-refractivity contribution in [3.63, 3.8) is 0 Å². The Hall–Kier alpha value is -2.67. The fraction of sp³-hybridized carbons (Fsp3) is 0.0455. The van der Waals surface area contributed by atoms with Crippen LogP contribution in [0.1, 0.15) is 27.9 Å². The second-order valence-corrected chi connectivity index (χ2v) is 8.11. The van der Waals surface area contributed by atoms with Crippen molar-refractivity contribution in [3.05, 3.63) is 104 Å². The molecule has 3 aromatic carbocycles. The number of nitrogens with one attached hydrogen (secondary N) is 1. The molecule has 150 valence electrons. The van der Waals surface area contributed by atoms with E-state index in [0.29, 0.717) is 25.9 Å². The molecule has 1 heterocycles. The maximum atomic E-state index is 12.9. The van der Waals surface area contributed by atoms with Gasteiger partial charge in [-0.25, -0.2) is 0 Å². The number of hydrogen-bond acceptors (Lipinski definition) is 4. The maximum Gasteiger partial charge on any atom is 0.254 e. The first kappa shape index (κ1) is 20.6. The van der Waals surface area contributed by atoms with Crippen molar-refractivity contribution >= 4 is 45.0 Å². The molecule has 4 aromatic rings. The first-order valence-electron chi connectivity index (χ1n) is 8.91. The van der Waals surface area contributed by atoms with Gasteiger partial charge in [-0.2, -0.15) is 4.98 Å². The SMILES string of the molecule is O=C(NC(c1ccc(Cl)cc1)c1nc(-c2ccccc2)no1)c1ccc(Cl)c(Br)c1. The summed E-state index contributed by atoms with van der Waals surface area (Å²) in [6, 6.07) is 20.8. The van der Waals surface area contributed by atoms with E-state index in [1.54, 1.807) is 42.5 Å². The van der Waals surface area contributed by atoms with Crippen LogP contribution in [0.5, 0.6) is 0 Å². The lowest BCUT2D eigenvalue weighted by Gasteiger charge is -2.16. The third-order valence-electron chi connectivity index (χ3n) is 4.38. The molecule has 0 aliphatic rings. The van der Waals surface area contributed by atoms with Gasteiger partial charge in [-0.05, 0) is 51.8 Å². The Morgan fingerprint density at radius 1 is 1.00 bits per heavy atom. The largest absolute Gasteiger partial charge is 0.336 e. The van der Waals surface area contributed by atoms with Crippen LogP contribution in [0.15, 0.2) is 81.8 Å². The molecule has 0 aliphatic carbocycles. The summed E-state index contributed by atoms with van der Waals surface area (Å²) in [6.07, 6.45) is 0. The molecule has 0 saturated heterocycles. The summed E-state index contributed by atoms with van der Waals surface area (Å²) in [7, 11) is 0. The quantitative estimate of drug-likeness (QED) is 0.346. The van der Waals surface area contributed by atoms with Gasteiger partial charge in [-0.1, -0.05) is 70.8 Å². The van der Waals surface area contributed by atoms with Crippen LogP contribution < -0.4 is 5.32 Å². The van der Waals surface area contributed by atoms with Crippen LogP contribution in [0.4, 0.5) is 0 Å². The van der Waals surface area contributed by atoms with Crippen LogP contribution in [-0.2, 0) is 0 Å². The molecule has 1 aromatic heterocycles. The predicted octanol–water partition coefficient (Wildman–Crippen LogP) is 6.33. The maximum absolute atomic E-state index is 12.9. The van der Waals surface area contributed by atoms with Crippen molar-refractivity contribution in [1.29, 1.82) is 0 Å². The summed E-state index contributed by atoms with van der Waals surface area (Å²) in [6.45, 7) is 0. The Labute approximate surface area is 191 Å². The smallest absolute Gasteiger partial charge is 0.254 e. The zero-order valence-corrected chi connectivity index (χ0v) is 18.4. The fourth-order valence-corrected chi connectivity index (χ4v) is 3.47. The van der Waals surface area contributed by atoms with Crippen LogP contribution in [0.2, 0.25) is 10.0 Å². The molecule has 30 heavy (non-hydrogen) atoms. The van der Waals surface area contributed by atoms with Gasteiger partial charge in [0.1, 0.15) is 6.04 Å². The number of rotatable bonds is 5. The van der Waals surface area contributed by atoms with E-state index in [9.17, 15) is 4.79 Å². The Morgan fingerprint density at radius 2 is 1.73 bits per heavy atom. The molecule has 0 bridgehead atoms. The number of carbonyl (C=O) groups excluding carboxylic acids is 1. The number of carbonyl (C=O) groups is 1. The summed E-state index contributed by atoms with van der Waals surface area (Å²) < 4.78 is 6.13. The molecular formula is C22H14BrCl2N3O2. The molecule has 5 nitrogen and oxygen atoms in total. The minimum absolute atomic E-state index is 0.262. The number of hydrogen-bond donors (Lipinski definition) is 1. The summed E-state index contributed by atoms with van der Waals surface area (Å²) in [5.41, 5.74) is 2.01. The van der Waals surface area contributed by atoms with E-state index in [4.69, 9.17) is 27.7 Å². The molecule has 0 spiro atoms. The van der Waals surface area contributed by atoms with Crippen LogP contribution in [0.3, 0.4) is 0 Å². The van der Waals surface area contributed by atoms with Gasteiger partial charge in [0.25, 0.3) is 11.8 Å². The molecule has 1 N–H and O–H groups in total. The highest BCUT2D eigenvalue weighted by atomic mass is 79.9. The van der Waals surface area contributed by atoms with E-state index in [2.05, 4.69) is 31.4 Å². The zero-order chi connectivity index (χ0) is 21.1. The molecule has 0 radical (unpaired) electrons. The van der Waals surface area contributed by atoms with Gasteiger partial charge in [0, 0.05) is 20.6 Å².